The number of carbonyl (C=O) groups excluding carboxylic acids is 2. The molecule has 0 radical (unpaired) electrons. The Kier molecular flexibility index (Phi) is 36.2. The maximum absolute atomic E-state index is 12.7. The molecule has 0 heterocycles. The first-order valence-electron chi connectivity index (χ1n) is 21.9. The summed E-state index contributed by atoms with van der Waals surface area (Å²) in [6.45, 7) is 4.33. The summed E-state index contributed by atoms with van der Waals surface area (Å²) in [6.07, 6.45) is 42.9. The Morgan fingerprint density at radius 1 is 0.564 bits per heavy atom. The van der Waals surface area contributed by atoms with Crippen molar-refractivity contribution in [2.45, 2.75) is 180 Å². The number of phosphoric acid groups is 1. The van der Waals surface area contributed by atoms with Gasteiger partial charge in [-0.1, -0.05) is 133 Å². The fourth-order valence-electron chi connectivity index (χ4n) is 5.60. The minimum atomic E-state index is -4.38. The molecular formula is C45H83NO8P+. The second-order valence-electron chi connectivity index (χ2n) is 15.7. The molecule has 9 nitrogen and oxygen atoms in total. The molecule has 1 N–H and O–H groups in total. The molecule has 320 valence electrons. The predicted octanol–water partition coefficient (Wildman–Crippen LogP) is 12.3. The first kappa shape index (κ1) is 53.0. The Hall–Kier alpha value is -2.03. The van der Waals surface area contributed by atoms with Crippen molar-refractivity contribution in [1.82, 2.24) is 0 Å². The first-order valence-corrected chi connectivity index (χ1v) is 23.4. The highest BCUT2D eigenvalue weighted by molar-refractivity contribution is 7.47. The van der Waals surface area contributed by atoms with Gasteiger partial charge in [0.15, 0.2) is 6.10 Å². The van der Waals surface area contributed by atoms with Gasteiger partial charge in [-0.25, -0.2) is 4.57 Å². The highest BCUT2D eigenvalue weighted by Crippen LogP contribution is 2.43. The van der Waals surface area contributed by atoms with E-state index in [1.54, 1.807) is 0 Å². The van der Waals surface area contributed by atoms with Crippen LogP contribution in [-0.4, -0.2) is 74.9 Å². The number of carbonyl (C=O) groups is 2. The van der Waals surface area contributed by atoms with Gasteiger partial charge in [0.05, 0.1) is 27.7 Å². The van der Waals surface area contributed by atoms with Gasteiger partial charge in [-0.05, 0) is 77.0 Å². The van der Waals surface area contributed by atoms with Crippen molar-refractivity contribution in [2.75, 3.05) is 47.5 Å². The predicted molar refractivity (Wildman–Crippen MR) is 229 cm³/mol. The van der Waals surface area contributed by atoms with Gasteiger partial charge in [0.25, 0.3) is 0 Å². The molecule has 0 aliphatic carbocycles. The summed E-state index contributed by atoms with van der Waals surface area (Å²) in [4.78, 5) is 35.3. The molecule has 10 heteroatoms. The Balaban J connectivity index is 4.39. The van der Waals surface area contributed by atoms with Gasteiger partial charge in [-0.15, -0.1) is 0 Å². The first-order chi connectivity index (χ1) is 26.5. The Bertz CT molecular complexity index is 1080. The summed E-state index contributed by atoms with van der Waals surface area (Å²) in [7, 11) is 1.46. The van der Waals surface area contributed by atoms with Crippen LogP contribution >= 0.6 is 7.82 Å². The molecule has 0 rings (SSSR count). The molecule has 0 aliphatic heterocycles. The van der Waals surface area contributed by atoms with Gasteiger partial charge < -0.3 is 18.9 Å². The molecule has 0 amide bonds. The molecule has 0 aromatic carbocycles. The van der Waals surface area contributed by atoms with Gasteiger partial charge >= 0.3 is 19.8 Å². The Morgan fingerprint density at radius 3 is 1.47 bits per heavy atom. The monoisotopic (exact) mass is 797 g/mol. The van der Waals surface area contributed by atoms with Crippen molar-refractivity contribution in [3.63, 3.8) is 0 Å². The van der Waals surface area contributed by atoms with E-state index in [9.17, 15) is 19.0 Å². The van der Waals surface area contributed by atoms with E-state index >= 15 is 0 Å². The fraction of sp³-hybridized carbons (Fsp3) is 0.778. The van der Waals surface area contributed by atoms with Gasteiger partial charge in [-0.2, -0.15) is 0 Å². The van der Waals surface area contributed by atoms with Gasteiger partial charge in [0.1, 0.15) is 19.8 Å². The Labute approximate surface area is 337 Å². The number of phosphoric ester groups is 1. The summed E-state index contributed by atoms with van der Waals surface area (Å²) < 4.78 is 34.3. The van der Waals surface area contributed by atoms with Crippen molar-refractivity contribution in [3.8, 4) is 0 Å². The average molecular weight is 797 g/mol. The lowest BCUT2D eigenvalue weighted by Gasteiger charge is -2.24. The molecule has 0 fully saturated rings. The number of unbranched alkanes of at least 4 members (excludes halogenated alkanes) is 17. The van der Waals surface area contributed by atoms with Crippen LogP contribution in [-0.2, 0) is 32.7 Å². The lowest BCUT2D eigenvalue weighted by molar-refractivity contribution is -0.870. The highest BCUT2D eigenvalue weighted by Gasteiger charge is 2.27. The summed E-state index contributed by atoms with van der Waals surface area (Å²) >= 11 is 0. The zero-order valence-electron chi connectivity index (χ0n) is 35.9. The second kappa shape index (κ2) is 37.5. The average Bonchev–Trinajstić information content (AvgIpc) is 3.13. The van der Waals surface area contributed by atoms with E-state index in [0.29, 0.717) is 17.4 Å². The van der Waals surface area contributed by atoms with Crippen molar-refractivity contribution >= 4 is 19.8 Å². The van der Waals surface area contributed by atoms with Crippen LogP contribution in [0.5, 0.6) is 0 Å². The molecule has 2 unspecified atom stereocenters. The third-order valence-electron chi connectivity index (χ3n) is 9.08. The van der Waals surface area contributed by atoms with Crippen LogP contribution in [0.2, 0.25) is 0 Å². The Morgan fingerprint density at radius 2 is 0.982 bits per heavy atom. The van der Waals surface area contributed by atoms with Crippen LogP contribution in [0, 0.1) is 0 Å². The number of esters is 2. The maximum atomic E-state index is 12.7. The van der Waals surface area contributed by atoms with Crippen LogP contribution < -0.4 is 0 Å². The molecule has 55 heavy (non-hydrogen) atoms. The van der Waals surface area contributed by atoms with Crippen LogP contribution in [0.25, 0.3) is 0 Å². The molecule has 0 aromatic rings. The summed E-state index contributed by atoms with van der Waals surface area (Å²) in [5, 5.41) is 0. The van der Waals surface area contributed by atoms with Crippen LogP contribution in [0.1, 0.15) is 174 Å². The normalized spacial score (nSPS) is 14.1. The topological polar surface area (TPSA) is 108 Å². The minimum Gasteiger partial charge on any atom is -0.462 e. The highest BCUT2D eigenvalue weighted by atomic mass is 31.2. The van der Waals surface area contributed by atoms with E-state index in [2.05, 4.69) is 62.5 Å². The number of quaternary nitrogens is 1. The third kappa shape index (κ3) is 41.4. The number of allylic oxidation sites excluding steroid dienone is 8. The van der Waals surface area contributed by atoms with Crippen LogP contribution in [0.4, 0.5) is 0 Å². The molecule has 0 aromatic heterocycles. The van der Waals surface area contributed by atoms with Gasteiger partial charge in [-0.3, -0.25) is 18.6 Å². The fourth-order valence-corrected chi connectivity index (χ4v) is 6.34. The maximum Gasteiger partial charge on any atom is 0.472 e. The van der Waals surface area contributed by atoms with Crippen molar-refractivity contribution in [2.24, 2.45) is 0 Å². The van der Waals surface area contributed by atoms with E-state index < -0.39 is 26.5 Å². The van der Waals surface area contributed by atoms with Crippen LogP contribution in [0.15, 0.2) is 48.6 Å². The molecule has 0 saturated heterocycles. The van der Waals surface area contributed by atoms with E-state index in [1.165, 1.54) is 51.4 Å². The lowest BCUT2D eigenvalue weighted by Crippen LogP contribution is -2.37. The minimum absolute atomic E-state index is 0.0261. The zero-order chi connectivity index (χ0) is 40.7. The van der Waals surface area contributed by atoms with Crippen LogP contribution in [0.3, 0.4) is 0 Å². The number of rotatable bonds is 39. The molecule has 0 spiro atoms. The zero-order valence-corrected chi connectivity index (χ0v) is 36.8. The van der Waals surface area contributed by atoms with Gasteiger partial charge in [0.2, 0.25) is 0 Å². The van der Waals surface area contributed by atoms with E-state index in [0.717, 1.165) is 89.9 Å². The molecule has 0 aliphatic rings. The number of hydrogen-bond acceptors (Lipinski definition) is 7. The molecule has 0 saturated carbocycles. The van der Waals surface area contributed by atoms with Gasteiger partial charge in [0, 0.05) is 12.8 Å². The summed E-state index contributed by atoms with van der Waals surface area (Å²) in [5.41, 5.74) is 0. The lowest BCUT2D eigenvalue weighted by atomic mass is 10.1. The number of ether oxygens (including phenoxy) is 2. The summed E-state index contributed by atoms with van der Waals surface area (Å²) in [6, 6.07) is 0. The summed E-state index contributed by atoms with van der Waals surface area (Å²) in [5.74, 6) is -0.826. The smallest absolute Gasteiger partial charge is 0.462 e. The standard InChI is InChI=1S/C45H82NO8P/c1-6-8-10-12-14-16-18-20-21-22-23-24-25-26-28-30-32-34-36-38-45(48)54-43(42-53-55(49,50)52-40-39-46(3,4)5)41-51-44(47)37-35-33-31-29-27-19-17-15-13-11-9-7-2/h14-17,20-21,23-24,43H,6-13,18-19,22,25-42H2,1-5H3/p+1/b16-14-,17-15-,21-20-,24-23-. The van der Waals surface area contributed by atoms with Crippen molar-refractivity contribution in [3.05, 3.63) is 48.6 Å². The number of hydrogen-bond donors (Lipinski definition) is 1. The van der Waals surface area contributed by atoms with E-state index in [1.807, 2.05) is 21.1 Å². The largest absolute Gasteiger partial charge is 0.472 e. The third-order valence-corrected chi connectivity index (χ3v) is 10.1. The molecular weight excluding hydrogens is 713 g/mol. The van der Waals surface area contributed by atoms with E-state index in [-0.39, 0.29) is 32.0 Å². The molecule has 0 bridgehead atoms. The quantitative estimate of drug-likeness (QED) is 0.0215. The van der Waals surface area contributed by atoms with E-state index in [4.69, 9.17) is 18.5 Å². The van der Waals surface area contributed by atoms with Crippen molar-refractivity contribution in [1.29, 1.82) is 0 Å². The SMILES string of the molecule is CCCCC/C=C\C/C=C\C/C=C\CCCCCCCCC(=O)OC(COC(=O)CCCCCCC/C=C\CCCCC)COP(=O)(O)OCC[N+](C)(C)C. The number of nitrogens with zero attached hydrogens (tertiary/aromatic N) is 1. The second-order valence-corrected chi connectivity index (χ2v) is 17.2. The number of likely N-dealkylation sites (N-methyl/N-ethyl adjacent to an activating group) is 1. The molecule has 2 atom stereocenters. The van der Waals surface area contributed by atoms with Crippen molar-refractivity contribution < 1.29 is 42.1 Å².